The Hall–Kier alpha value is -8.40. The van der Waals surface area contributed by atoms with E-state index in [1.807, 2.05) is 0 Å². The van der Waals surface area contributed by atoms with Crippen molar-refractivity contribution in [3.05, 3.63) is 260 Å². The first kappa shape index (κ1) is 39.4. The first-order valence-electron chi connectivity index (χ1n) is 22.3. The van der Waals surface area contributed by atoms with E-state index in [-0.39, 0.29) is 0 Å². The molecule has 0 aliphatic heterocycles. The van der Waals surface area contributed by atoms with Crippen LogP contribution in [0.4, 0.5) is 34.1 Å². The van der Waals surface area contributed by atoms with Gasteiger partial charge in [0.25, 0.3) is 0 Å². The van der Waals surface area contributed by atoms with Crippen molar-refractivity contribution in [1.82, 2.24) is 4.57 Å². The lowest BCUT2D eigenvalue weighted by Gasteiger charge is -2.30. The van der Waals surface area contributed by atoms with E-state index < -0.39 is 0 Å². The SMILES string of the molecule is Cc1ccc(N(c2ccccc2)c2cc(-c3ccc(-c4ccc5c(c4)c4ccccc4n5-c4ccc(-c5ccccc5)cc4)cc3)cc(N(c3ccccc3)c3ccc(C)cc3)c2)cc1. The summed E-state index contributed by atoms with van der Waals surface area (Å²) >= 11 is 0. The summed E-state index contributed by atoms with van der Waals surface area (Å²) in [6, 6.07) is 90.2. The number of rotatable bonds is 10. The normalized spacial score (nSPS) is 11.2. The summed E-state index contributed by atoms with van der Waals surface area (Å²) in [6.07, 6.45) is 0. The van der Waals surface area contributed by atoms with Gasteiger partial charge in [0, 0.05) is 50.6 Å². The highest BCUT2D eigenvalue weighted by Gasteiger charge is 2.20. The third kappa shape index (κ3) is 7.75. The third-order valence-electron chi connectivity index (χ3n) is 12.5. The topological polar surface area (TPSA) is 11.4 Å². The zero-order valence-electron chi connectivity index (χ0n) is 36.5. The molecule has 0 unspecified atom stereocenters. The molecular weight excluding hydrogens is 787 g/mol. The minimum Gasteiger partial charge on any atom is -0.310 e. The van der Waals surface area contributed by atoms with Gasteiger partial charge in [0.1, 0.15) is 0 Å². The molecule has 0 atom stereocenters. The van der Waals surface area contributed by atoms with Crippen LogP contribution in [-0.2, 0) is 0 Å². The first-order chi connectivity index (χ1) is 32.0. The standard InChI is InChI=1S/C62H47N3/c1-44-22-33-54(34-23-44)63(52-16-8-4-9-17-52)57-40-51(41-58(43-57)64(53-18-10-5-11-19-53)55-35-24-45(2)25-36-55)49-28-26-48(27-29-49)50-32-39-62-60(42-50)59-20-12-13-21-61(59)65(62)56-37-30-47(31-38-56)46-14-6-3-7-15-46/h3-43H,1-2H3. The number of benzene rings is 10. The summed E-state index contributed by atoms with van der Waals surface area (Å²) in [5, 5.41) is 2.48. The van der Waals surface area contributed by atoms with Crippen LogP contribution in [0.1, 0.15) is 11.1 Å². The van der Waals surface area contributed by atoms with Crippen LogP contribution in [0.3, 0.4) is 0 Å². The van der Waals surface area contributed by atoms with Gasteiger partial charge in [-0.05, 0) is 144 Å². The molecular formula is C62H47N3. The molecule has 0 saturated heterocycles. The van der Waals surface area contributed by atoms with Gasteiger partial charge in [0.15, 0.2) is 0 Å². The molecule has 10 aromatic carbocycles. The number of anilines is 6. The first-order valence-corrected chi connectivity index (χ1v) is 22.3. The van der Waals surface area contributed by atoms with E-state index in [0.717, 1.165) is 50.9 Å². The van der Waals surface area contributed by atoms with Gasteiger partial charge in [-0.3, -0.25) is 0 Å². The summed E-state index contributed by atoms with van der Waals surface area (Å²) in [5.74, 6) is 0. The molecule has 3 nitrogen and oxygen atoms in total. The fourth-order valence-electron chi connectivity index (χ4n) is 9.18. The fraction of sp³-hybridized carbons (Fsp3) is 0.0323. The van der Waals surface area contributed by atoms with E-state index in [4.69, 9.17) is 0 Å². The second kappa shape index (κ2) is 17.0. The maximum absolute atomic E-state index is 2.39. The van der Waals surface area contributed by atoms with Crippen LogP contribution in [0.5, 0.6) is 0 Å². The predicted octanol–water partition coefficient (Wildman–Crippen LogP) is 17.3. The van der Waals surface area contributed by atoms with Gasteiger partial charge in [-0.25, -0.2) is 0 Å². The molecule has 1 heterocycles. The summed E-state index contributed by atoms with van der Waals surface area (Å²) in [7, 11) is 0. The average Bonchev–Trinajstić information content (AvgIpc) is 3.70. The molecule has 3 heteroatoms. The van der Waals surface area contributed by atoms with Crippen molar-refractivity contribution in [3.8, 4) is 39.1 Å². The molecule has 310 valence electrons. The van der Waals surface area contributed by atoms with Crippen molar-refractivity contribution in [1.29, 1.82) is 0 Å². The Morgan fingerprint density at radius 2 is 0.662 bits per heavy atom. The monoisotopic (exact) mass is 833 g/mol. The molecule has 0 radical (unpaired) electrons. The highest BCUT2D eigenvalue weighted by atomic mass is 15.2. The van der Waals surface area contributed by atoms with Gasteiger partial charge >= 0.3 is 0 Å². The van der Waals surface area contributed by atoms with Gasteiger partial charge in [-0.2, -0.15) is 0 Å². The van der Waals surface area contributed by atoms with Crippen molar-refractivity contribution < 1.29 is 0 Å². The van der Waals surface area contributed by atoms with Gasteiger partial charge in [0.05, 0.1) is 11.0 Å². The number of aryl methyl sites for hydroxylation is 2. The second-order valence-electron chi connectivity index (χ2n) is 16.8. The molecule has 0 spiro atoms. The van der Waals surface area contributed by atoms with Crippen LogP contribution in [0.25, 0.3) is 60.9 Å². The van der Waals surface area contributed by atoms with Crippen molar-refractivity contribution in [2.45, 2.75) is 13.8 Å². The van der Waals surface area contributed by atoms with E-state index in [1.165, 1.54) is 55.2 Å². The van der Waals surface area contributed by atoms with Crippen LogP contribution in [0.2, 0.25) is 0 Å². The number of para-hydroxylation sites is 3. The summed E-state index contributed by atoms with van der Waals surface area (Å²) in [5.41, 5.74) is 19.6. The maximum Gasteiger partial charge on any atom is 0.0541 e. The number of fused-ring (bicyclic) bond motifs is 3. The predicted molar refractivity (Wildman–Crippen MR) is 276 cm³/mol. The summed E-state index contributed by atoms with van der Waals surface area (Å²) < 4.78 is 2.39. The van der Waals surface area contributed by atoms with Crippen LogP contribution >= 0.6 is 0 Å². The van der Waals surface area contributed by atoms with Gasteiger partial charge < -0.3 is 14.4 Å². The largest absolute Gasteiger partial charge is 0.310 e. The Labute approximate surface area is 381 Å². The molecule has 0 aliphatic carbocycles. The number of hydrogen-bond donors (Lipinski definition) is 0. The summed E-state index contributed by atoms with van der Waals surface area (Å²) in [4.78, 5) is 4.73. The number of nitrogens with zero attached hydrogens (tertiary/aromatic N) is 3. The Morgan fingerprint density at radius 3 is 1.22 bits per heavy atom. The average molecular weight is 834 g/mol. The molecule has 65 heavy (non-hydrogen) atoms. The molecule has 0 amide bonds. The molecule has 0 aliphatic rings. The number of aromatic nitrogens is 1. The third-order valence-corrected chi connectivity index (χ3v) is 12.5. The molecule has 11 aromatic rings. The van der Waals surface area contributed by atoms with Crippen LogP contribution in [0.15, 0.2) is 249 Å². The molecule has 0 fully saturated rings. The van der Waals surface area contributed by atoms with Gasteiger partial charge in [0.2, 0.25) is 0 Å². The maximum atomic E-state index is 2.39. The minimum absolute atomic E-state index is 1.07. The van der Waals surface area contributed by atoms with E-state index in [1.54, 1.807) is 0 Å². The van der Waals surface area contributed by atoms with Crippen LogP contribution < -0.4 is 9.80 Å². The molecule has 0 bridgehead atoms. The van der Waals surface area contributed by atoms with Crippen LogP contribution in [0, 0.1) is 13.8 Å². The van der Waals surface area contributed by atoms with Crippen molar-refractivity contribution in [2.75, 3.05) is 9.80 Å². The van der Waals surface area contributed by atoms with Crippen molar-refractivity contribution in [2.24, 2.45) is 0 Å². The number of hydrogen-bond acceptors (Lipinski definition) is 2. The van der Waals surface area contributed by atoms with Gasteiger partial charge in [-0.1, -0.05) is 163 Å². The zero-order chi connectivity index (χ0) is 43.7. The Bertz CT molecular complexity index is 3280. The van der Waals surface area contributed by atoms with Crippen LogP contribution in [-0.4, -0.2) is 4.57 Å². The molecule has 0 N–H and O–H groups in total. The lowest BCUT2D eigenvalue weighted by atomic mass is 9.97. The summed E-state index contributed by atoms with van der Waals surface area (Å²) in [6.45, 7) is 4.28. The Balaban J connectivity index is 1.02. The van der Waals surface area contributed by atoms with E-state index in [2.05, 4.69) is 277 Å². The van der Waals surface area contributed by atoms with Crippen molar-refractivity contribution >= 4 is 55.9 Å². The second-order valence-corrected chi connectivity index (χ2v) is 16.8. The highest BCUT2D eigenvalue weighted by Crippen LogP contribution is 2.44. The Kier molecular flexibility index (Phi) is 10.3. The van der Waals surface area contributed by atoms with E-state index >= 15 is 0 Å². The zero-order valence-corrected chi connectivity index (χ0v) is 36.5. The molecule has 0 saturated carbocycles. The highest BCUT2D eigenvalue weighted by molar-refractivity contribution is 6.10. The van der Waals surface area contributed by atoms with E-state index in [0.29, 0.717) is 0 Å². The minimum atomic E-state index is 1.07. The molecule has 11 rings (SSSR count). The fourth-order valence-corrected chi connectivity index (χ4v) is 9.18. The lowest BCUT2D eigenvalue weighted by molar-refractivity contribution is 1.18. The smallest absolute Gasteiger partial charge is 0.0541 e. The van der Waals surface area contributed by atoms with Gasteiger partial charge in [-0.15, -0.1) is 0 Å². The van der Waals surface area contributed by atoms with Crippen molar-refractivity contribution in [3.63, 3.8) is 0 Å². The molecule has 1 aromatic heterocycles. The quantitative estimate of drug-likeness (QED) is 0.136. The van der Waals surface area contributed by atoms with E-state index in [9.17, 15) is 0 Å². The lowest BCUT2D eigenvalue weighted by Crippen LogP contribution is -2.13. The Morgan fingerprint density at radius 1 is 0.262 bits per heavy atom.